The summed E-state index contributed by atoms with van der Waals surface area (Å²) in [6.45, 7) is 6.61. The van der Waals surface area contributed by atoms with E-state index in [1.807, 2.05) is 0 Å². The molecule has 0 aliphatic carbocycles. The molecule has 0 radical (unpaired) electrons. The van der Waals surface area contributed by atoms with E-state index in [0.717, 1.165) is 6.42 Å². The average Bonchev–Trinajstić information content (AvgIpc) is 2.61. The van der Waals surface area contributed by atoms with E-state index in [2.05, 4.69) is 48.7 Å². The number of nitro groups is 1. The van der Waals surface area contributed by atoms with Crippen molar-refractivity contribution in [2.45, 2.75) is 33.1 Å². The quantitative estimate of drug-likeness (QED) is 0.557. The van der Waals surface area contributed by atoms with Gasteiger partial charge in [-0.3, -0.25) is 14.9 Å². The minimum atomic E-state index is -0.425. The maximum atomic E-state index is 12.0. The van der Waals surface area contributed by atoms with Gasteiger partial charge in [0.1, 0.15) is 0 Å². The standard InChI is InChI=1S/C20H25N3O3/c1-14(2)17-9-7-16(8-10-17)11-12-21-20(24)13-22-18-5-4-6-19(15(18)3)23(25)26/h4-10,14,22H,11-13H2,1-3H3,(H,21,24). The number of carbonyl (C=O) groups is 1. The van der Waals surface area contributed by atoms with E-state index in [1.165, 1.54) is 17.2 Å². The van der Waals surface area contributed by atoms with Crippen LogP contribution in [-0.2, 0) is 11.2 Å². The van der Waals surface area contributed by atoms with Gasteiger partial charge in [0.25, 0.3) is 5.69 Å². The van der Waals surface area contributed by atoms with Gasteiger partial charge >= 0.3 is 0 Å². The molecule has 0 unspecified atom stereocenters. The molecule has 0 aliphatic rings. The second kappa shape index (κ2) is 8.99. The summed E-state index contributed by atoms with van der Waals surface area (Å²) in [6.07, 6.45) is 0.764. The lowest BCUT2D eigenvalue weighted by Crippen LogP contribution is -2.31. The van der Waals surface area contributed by atoms with Crippen LogP contribution in [0.1, 0.15) is 36.5 Å². The molecule has 1 amide bonds. The minimum Gasteiger partial charge on any atom is -0.376 e. The summed E-state index contributed by atoms with van der Waals surface area (Å²) in [4.78, 5) is 22.5. The fraction of sp³-hybridized carbons (Fsp3) is 0.350. The van der Waals surface area contributed by atoms with Crippen molar-refractivity contribution < 1.29 is 9.72 Å². The summed E-state index contributed by atoms with van der Waals surface area (Å²) in [5.74, 6) is 0.363. The van der Waals surface area contributed by atoms with Gasteiger partial charge in [-0.15, -0.1) is 0 Å². The van der Waals surface area contributed by atoms with Crippen molar-refractivity contribution >= 4 is 17.3 Å². The van der Waals surface area contributed by atoms with Crippen molar-refractivity contribution in [2.24, 2.45) is 0 Å². The largest absolute Gasteiger partial charge is 0.376 e. The summed E-state index contributed by atoms with van der Waals surface area (Å²) in [7, 11) is 0. The lowest BCUT2D eigenvalue weighted by atomic mass is 10.0. The Morgan fingerprint density at radius 2 is 1.85 bits per heavy atom. The first-order chi connectivity index (χ1) is 12.4. The van der Waals surface area contributed by atoms with Gasteiger partial charge in [-0.2, -0.15) is 0 Å². The van der Waals surface area contributed by atoms with Gasteiger partial charge in [0.2, 0.25) is 5.91 Å². The number of hydrogen-bond acceptors (Lipinski definition) is 4. The van der Waals surface area contributed by atoms with Gasteiger partial charge < -0.3 is 10.6 Å². The molecule has 0 bridgehead atoms. The van der Waals surface area contributed by atoms with Crippen LogP contribution in [0.3, 0.4) is 0 Å². The molecule has 0 aliphatic heterocycles. The second-order valence-electron chi connectivity index (χ2n) is 6.56. The molecular formula is C20H25N3O3. The summed E-state index contributed by atoms with van der Waals surface area (Å²) < 4.78 is 0. The summed E-state index contributed by atoms with van der Waals surface area (Å²) in [5, 5.41) is 16.8. The Bertz CT molecular complexity index is 770. The van der Waals surface area contributed by atoms with Crippen molar-refractivity contribution in [3.63, 3.8) is 0 Å². The zero-order chi connectivity index (χ0) is 19.1. The number of carbonyl (C=O) groups excluding carboxylic acids is 1. The van der Waals surface area contributed by atoms with Crippen LogP contribution in [-0.4, -0.2) is 23.9 Å². The van der Waals surface area contributed by atoms with Crippen molar-refractivity contribution in [1.29, 1.82) is 0 Å². The Morgan fingerprint density at radius 3 is 2.46 bits per heavy atom. The predicted octanol–water partition coefficient (Wildman–Crippen LogP) is 3.80. The van der Waals surface area contributed by atoms with Gasteiger partial charge in [-0.1, -0.05) is 44.2 Å². The molecule has 2 rings (SSSR count). The Balaban J connectivity index is 1.79. The molecule has 0 saturated heterocycles. The van der Waals surface area contributed by atoms with Gasteiger partial charge in [0, 0.05) is 23.9 Å². The molecular weight excluding hydrogens is 330 g/mol. The monoisotopic (exact) mass is 355 g/mol. The fourth-order valence-electron chi connectivity index (χ4n) is 2.67. The van der Waals surface area contributed by atoms with E-state index in [9.17, 15) is 14.9 Å². The Kier molecular flexibility index (Phi) is 6.72. The van der Waals surface area contributed by atoms with E-state index in [4.69, 9.17) is 0 Å². The topological polar surface area (TPSA) is 84.3 Å². The molecule has 2 aromatic rings. The number of nitrogens with one attached hydrogen (secondary N) is 2. The number of anilines is 1. The van der Waals surface area contributed by atoms with Crippen LogP contribution >= 0.6 is 0 Å². The zero-order valence-corrected chi connectivity index (χ0v) is 15.4. The smallest absolute Gasteiger partial charge is 0.274 e. The second-order valence-corrected chi connectivity index (χ2v) is 6.56. The zero-order valence-electron chi connectivity index (χ0n) is 15.4. The third kappa shape index (κ3) is 5.31. The molecule has 0 fully saturated rings. The highest BCUT2D eigenvalue weighted by atomic mass is 16.6. The van der Waals surface area contributed by atoms with E-state index in [1.54, 1.807) is 19.1 Å². The van der Waals surface area contributed by atoms with E-state index in [-0.39, 0.29) is 18.1 Å². The highest BCUT2D eigenvalue weighted by Gasteiger charge is 2.13. The SMILES string of the molecule is Cc1c(NCC(=O)NCCc2ccc(C(C)C)cc2)cccc1[N+](=O)[O-]. The molecule has 2 N–H and O–H groups in total. The maximum absolute atomic E-state index is 12.0. The van der Waals surface area contributed by atoms with E-state index < -0.39 is 4.92 Å². The number of rotatable bonds is 8. The molecule has 0 atom stereocenters. The first-order valence-corrected chi connectivity index (χ1v) is 8.72. The van der Waals surface area contributed by atoms with Gasteiger partial charge in [-0.25, -0.2) is 0 Å². The summed E-state index contributed by atoms with van der Waals surface area (Å²) >= 11 is 0. The third-order valence-corrected chi connectivity index (χ3v) is 4.32. The normalized spacial score (nSPS) is 10.6. The number of nitrogens with zero attached hydrogens (tertiary/aromatic N) is 1. The van der Waals surface area contributed by atoms with Crippen molar-refractivity contribution in [3.8, 4) is 0 Å². The summed E-state index contributed by atoms with van der Waals surface area (Å²) in [5.41, 5.74) is 3.64. The number of benzene rings is 2. The molecule has 138 valence electrons. The van der Waals surface area contributed by atoms with Crippen LogP contribution in [0.4, 0.5) is 11.4 Å². The van der Waals surface area contributed by atoms with Gasteiger partial charge in [0.15, 0.2) is 0 Å². The van der Waals surface area contributed by atoms with Crippen LogP contribution in [0.25, 0.3) is 0 Å². The van der Waals surface area contributed by atoms with E-state index >= 15 is 0 Å². The highest BCUT2D eigenvalue weighted by molar-refractivity contribution is 5.81. The molecule has 26 heavy (non-hydrogen) atoms. The van der Waals surface area contributed by atoms with E-state index in [0.29, 0.717) is 23.7 Å². The lowest BCUT2D eigenvalue weighted by molar-refractivity contribution is -0.385. The van der Waals surface area contributed by atoms with Crippen LogP contribution < -0.4 is 10.6 Å². The number of amides is 1. The summed E-state index contributed by atoms with van der Waals surface area (Å²) in [6, 6.07) is 13.2. The van der Waals surface area contributed by atoms with Gasteiger partial charge in [-0.05, 0) is 36.5 Å². The van der Waals surface area contributed by atoms with Crippen LogP contribution in [0.5, 0.6) is 0 Å². The minimum absolute atomic E-state index is 0.0419. The number of hydrogen-bond donors (Lipinski definition) is 2. The predicted molar refractivity (Wildman–Crippen MR) is 104 cm³/mol. The first kappa shape index (κ1) is 19.4. The fourth-order valence-corrected chi connectivity index (χ4v) is 2.67. The van der Waals surface area contributed by atoms with Crippen LogP contribution in [0, 0.1) is 17.0 Å². The van der Waals surface area contributed by atoms with Crippen molar-refractivity contribution in [2.75, 3.05) is 18.4 Å². The highest BCUT2D eigenvalue weighted by Crippen LogP contribution is 2.24. The lowest BCUT2D eigenvalue weighted by Gasteiger charge is -2.10. The Labute approximate surface area is 153 Å². The molecule has 0 heterocycles. The van der Waals surface area contributed by atoms with Gasteiger partial charge in [0.05, 0.1) is 11.5 Å². The van der Waals surface area contributed by atoms with Crippen molar-refractivity contribution in [1.82, 2.24) is 5.32 Å². The van der Waals surface area contributed by atoms with Crippen LogP contribution in [0.2, 0.25) is 0 Å². The number of nitro benzene ring substituents is 1. The molecule has 0 saturated carbocycles. The molecule has 2 aromatic carbocycles. The maximum Gasteiger partial charge on any atom is 0.274 e. The van der Waals surface area contributed by atoms with Crippen molar-refractivity contribution in [3.05, 3.63) is 69.3 Å². The molecule has 6 nitrogen and oxygen atoms in total. The Hall–Kier alpha value is -2.89. The average molecular weight is 355 g/mol. The molecule has 6 heteroatoms. The first-order valence-electron chi connectivity index (χ1n) is 8.72. The molecule has 0 aromatic heterocycles. The Morgan fingerprint density at radius 1 is 1.15 bits per heavy atom. The molecule has 0 spiro atoms. The van der Waals surface area contributed by atoms with Crippen LogP contribution in [0.15, 0.2) is 42.5 Å². The third-order valence-electron chi connectivity index (χ3n) is 4.32.